The molecule has 1 aromatic carbocycles. The van der Waals surface area contributed by atoms with E-state index in [4.69, 9.17) is 20.4 Å². The summed E-state index contributed by atoms with van der Waals surface area (Å²) in [5, 5.41) is 9.43. The molecular formula is C24H20N6O2. The van der Waals surface area contributed by atoms with Crippen LogP contribution in [0.1, 0.15) is 5.56 Å². The molecule has 0 bridgehead atoms. The SMILES string of the molecule is COc1cncc(-c2ccc3nc(-c4cccnc4N)n(-c4ccc(CO)cc4)c3n2)c1. The number of rotatable bonds is 5. The fourth-order valence-electron chi connectivity index (χ4n) is 3.57. The quantitative estimate of drug-likeness (QED) is 0.443. The molecule has 0 spiro atoms. The first kappa shape index (κ1) is 19.7. The van der Waals surface area contributed by atoms with Crippen LogP contribution in [0.5, 0.6) is 5.75 Å². The van der Waals surface area contributed by atoms with Crippen LogP contribution in [0.15, 0.2) is 73.2 Å². The monoisotopic (exact) mass is 424 g/mol. The number of nitrogens with zero attached hydrogens (tertiary/aromatic N) is 5. The summed E-state index contributed by atoms with van der Waals surface area (Å²) in [5.41, 5.74) is 11.5. The Morgan fingerprint density at radius 3 is 2.62 bits per heavy atom. The van der Waals surface area contributed by atoms with Crippen LogP contribution < -0.4 is 10.5 Å². The van der Waals surface area contributed by atoms with E-state index in [1.54, 1.807) is 25.7 Å². The van der Waals surface area contributed by atoms with Crippen molar-refractivity contribution < 1.29 is 9.84 Å². The number of nitrogens with two attached hydrogens (primary N) is 1. The number of aliphatic hydroxyl groups is 1. The second-order valence-electron chi connectivity index (χ2n) is 7.18. The van der Waals surface area contributed by atoms with E-state index >= 15 is 0 Å². The summed E-state index contributed by atoms with van der Waals surface area (Å²) < 4.78 is 7.25. The summed E-state index contributed by atoms with van der Waals surface area (Å²) in [5.74, 6) is 1.67. The molecule has 5 aromatic rings. The molecule has 8 heteroatoms. The van der Waals surface area contributed by atoms with Gasteiger partial charge in [-0.2, -0.15) is 0 Å². The van der Waals surface area contributed by atoms with Gasteiger partial charge in [0.25, 0.3) is 0 Å². The molecule has 0 amide bonds. The van der Waals surface area contributed by atoms with E-state index < -0.39 is 0 Å². The Morgan fingerprint density at radius 2 is 1.88 bits per heavy atom. The topological polar surface area (TPSA) is 112 Å². The van der Waals surface area contributed by atoms with Crippen molar-refractivity contribution in [1.29, 1.82) is 0 Å². The maximum Gasteiger partial charge on any atom is 0.165 e. The number of pyridine rings is 3. The molecule has 0 aliphatic heterocycles. The van der Waals surface area contributed by atoms with Crippen molar-refractivity contribution in [3.8, 4) is 34.1 Å². The molecule has 0 atom stereocenters. The van der Waals surface area contributed by atoms with Gasteiger partial charge in [0, 0.05) is 23.6 Å². The van der Waals surface area contributed by atoms with Crippen molar-refractivity contribution in [3.05, 3.63) is 78.8 Å². The number of benzene rings is 1. The van der Waals surface area contributed by atoms with Crippen LogP contribution in [0.2, 0.25) is 0 Å². The van der Waals surface area contributed by atoms with Crippen molar-refractivity contribution in [2.75, 3.05) is 12.8 Å². The number of methoxy groups -OCH3 is 1. The maximum absolute atomic E-state index is 9.43. The van der Waals surface area contributed by atoms with Gasteiger partial charge in [0.15, 0.2) is 11.5 Å². The average Bonchev–Trinajstić information content (AvgIpc) is 3.23. The largest absolute Gasteiger partial charge is 0.495 e. The Labute approximate surface area is 184 Å². The molecule has 0 saturated heterocycles. The Bertz CT molecular complexity index is 1410. The van der Waals surface area contributed by atoms with Crippen LogP contribution in [-0.4, -0.2) is 36.7 Å². The number of anilines is 1. The molecule has 0 fully saturated rings. The lowest BCUT2D eigenvalue weighted by Gasteiger charge is -2.11. The van der Waals surface area contributed by atoms with E-state index in [0.29, 0.717) is 34.1 Å². The highest BCUT2D eigenvalue weighted by molar-refractivity contribution is 5.84. The molecule has 0 radical (unpaired) electrons. The van der Waals surface area contributed by atoms with Gasteiger partial charge in [-0.15, -0.1) is 0 Å². The molecule has 158 valence electrons. The highest BCUT2D eigenvalue weighted by atomic mass is 16.5. The van der Waals surface area contributed by atoms with Gasteiger partial charge in [-0.3, -0.25) is 9.55 Å². The van der Waals surface area contributed by atoms with Crippen molar-refractivity contribution >= 4 is 17.0 Å². The zero-order chi connectivity index (χ0) is 22.1. The number of nitrogen functional groups attached to an aromatic ring is 1. The van der Waals surface area contributed by atoms with Crippen molar-refractivity contribution in [1.82, 2.24) is 24.5 Å². The van der Waals surface area contributed by atoms with Crippen LogP contribution in [0.3, 0.4) is 0 Å². The predicted octanol–water partition coefficient (Wildman–Crippen LogP) is 3.63. The second-order valence-corrected chi connectivity index (χ2v) is 7.18. The lowest BCUT2D eigenvalue weighted by molar-refractivity contribution is 0.282. The van der Waals surface area contributed by atoms with E-state index in [-0.39, 0.29) is 6.61 Å². The van der Waals surface area contributed by atoms with E-state index in [0.717, 1.165) is 22.5 Å². The van der Waals surface area contributed by atoms with Gasteiger partial charge in [0.05, 0.1) is 31.2 Å². The van der Waals surface area contributed by atoms with Crippen molar-refractivity contribution in [2.45, 2.75) is 6.61 Å². The first-order valence-corrected chi connectivity index (χ1v) is 9.98. The lowest BCUT2D eigenvalue weighted by Crippen LogP contribution is -2.02. The van der Waals surface area contributed by atoms with E-state index in [1.165, 1.54) is 0 Å². The lowest BCUT2D eigenvalue weighted by atomic mass is 10.2. The minimum absolute atomic E-state index is 0.0292. The Kier molecular flexibility index (Phi) is 4.97. The predicted molar refractivity (Wildman–Crippen MR) is 122 cm³/mol. The third-order valence-electron chi connectivity index (χ3n) is 5.21. The first-order valence-electron chi connectivity index (χ1n) is 9.98. The molecular weight excluding hydrogens is 404 g/mol. The Hall–Kier alpha value is -4.30. The van der Waals surface area contributed by atoms with Crippen LogP contribution >= 0.6 is 0 Å². The summed E-state index contributed by atoms with van der Waals surface area (Å²) in [6.07, 6.45) is 5.04. The second kappa shape index (κ2) is 8.09. The average molecular weight is 424 g/mol. The zero-order valence-corrected chi connectivity index (χ0v) is 17.3. The zero-order valence-electron chi connectivity index (χ0n) is 17.3. The molecule has 0 saturated carbocycles. The summed E-state index contributed by atoms with van der Waals surface area (Å²) in [6.45, 7) is -0.0292. The minimum Gasteiger partial charge on any atom is -0.495 e. The smallest absolute Gasteiger partial charge is 0.165 e. The fraction of sp³-hybridized carbons (Fsp3) is 0.0833. The molecule has 0 aliphatic rings. The maximum atomic E-state index is 9.43. The highest BCUT2D eigenvalue weighted by Gasteiger charge is 2.18. The van der Waals surface area contributed by atoms with Gasteiger partial charge >= 0.3 is 0 Å². The van der Waals surface area contributed by atoms with Crippen molar-refractivity contribution in [3.63, 3.8) is 0 Å². The van der Waals surface area contributed by atoms with Gasteiger partial charge < -0.3 is 15.6 Å². The molecule has 4 heterocycles. The standard InChI is InChI=1S/C24H20N6O2/c1-32-18-11-16(12-26-13-18)20-8-9-21-24(28-20)30(17-6-4-15(14-31)5-7-17)23(29-21)19-3-2-10-27-22(19)25/h2-13,31H,14H2,1H3,(H2,25,27). The molecule has 5 rings (SSSR count). The molecule has 4 aromatic heterocycles. The van der Waals surface area contributed by atoms with Crippen LogP contribution in [0, 0.1) is 0 Å². The summed E-state index contributed by atoms with van der Waals surface area (Å²) in [6, 6.07) is 17.0. The van der Waals surface area contributed by atoms with E-state index in [2.05, 4.69) is 9.97 Å². The number of hydrogen-bond donors (Lipinski definition) is 2. The fourth-order valence-corrected chi connectivity index (χ4v) is 3.57. The van der Waals surface area contributed by atoms with Crippen LogP contribution in [0.4, 0.5) is 5.82 Å². The van der Waals surface area contributed by atoms with E-state index in [1.807, 2.05) is 59.2 Å². The van der Waals surface area contributed by atoms with Crippen LogP contribution in [-0.2, 0) is 6.61 Å². The number of fused-ring (bicyclic) bond motifs is 1. The molecule has 0 aliphatic carbocycles. The van der Waals surface area contributed by atoms with Crippen LogP contribution in [0.25, 0.3) is 39.5 Å². The summed E-state index contributed by atoms with van der Waals surface area (Å²) >= 11 is 0. The summed E-state index contributed by atoms with van der Waals surface area (Å²) in [4.78, 5) is 18.2. The molecule has 32 heavy (non-hydrogen) atoms. The third-order valence-corrected chi connectivity index (χ3v) is 5.21. The number of aromatic nitrogens is 5. The Morgan fingerprint density at radius 1 is 1.03 bits per heavy atom. The van der Waals surface area contributed by atoms with E-state index in [9.17, 15) is 5.11 Å². The molecule has 3 N–H and O–H groups in total. The van der Waals surface area contributed by atoms with Gasteiger partial charge in [0.2, 0.25) is 0 Å². The number of ether oxygens (including phenoxy) is 1. The van der Waals surface area contributed by atoms with Crippen molar-refractivity contribution in [2.24, 2.45) is 0 Å². The van der Waals surface area contributed by atoms with Gasteiger partial charge in [0.1, 0.15) is 17.1 Å². The van der Waals surface area contributed by atoms with Gasteiger partial charge in [-0.05, 0) is 48.0 Å². The molecule has 0 unspecified atom stereocenters. The number of imidazole rings is 1. The minimum atomic E-state index is -0.0292. The summed E-state index contributed by atoms with van der Waals surface area (Å²) in [7, 11) is 1.60. The number of hydrogen-bond acceptors (Lipinski definition) is 7. The normalized spacial score (nSPS) is 11.1. The van der Waals surface area contributed by atoms with Gasteiger partial charge in [-0.25, -0.2) is 15.0 Å². The highest BCUT2D eigenvalue weighted by Crippen LogP contribution is 2.32. The molecule has 8 nitrogen and oxygen atoms in total. The Balaban J connectivity index is 1.77. The first-order chi connectivity index (χ1) is 15.7. The third kappa shape index (κ3) is 3.42. The number of aliphatic hydroxyl groups excluding tert-OH is 1. The van der Waals surface area contributed by atoms with Gasteiger partial charge in [-0.1, -0.05) is 12.1 Å².